The normalized spacial score (nSPS) is 23.0. The van der Waals surface area contributed by atoms with Crippen LogP contribution >= 0.6 is 0 Å². The van der Waals surface area contributed by atoms with Crippen LogP contribution in [-0.2, 0) is 4.79 Å². The summed E-state index contributed by atoms with van der Waals surface area (Å²) in [5.74, 6) is -0.110. The standard InChI is InChI=1S/C20H24N6O2/c1-14-10-23-26(12-14)18-2-5-22-11-19(18)24-6-3-15(4-7-24)20(28)25-13-17(27)8-16(25)9-21/h2,5,10-12,15-17,27H,3-4,6-8,13H2,1H3/t16-,17+/m1/s1. The van der Waals surface area contributed by atoms with Crippen LogP contribution in [0.4, 0.5) is 5.69 Å². The molecule has 8 heteroatoms. The van der Waals surface area contributed by atoms with E-state index < -0.39 is 12.1 Å². The summed E-state index contributed by atoms with van der Waals surface area (Å²) in [6.45, 7) is 3.75. The van der Waals surface area contributed by atoms with E-state index in [4.69, 9.17) is 0 Å². The number of likely N-dealkylation sites (tertiary alicyclic amines) is 1. The fraction of sp³-hybridized carbons (Fsp3) is 0.500. The van der Waals surface area contributed by atoms with Crippen molar-refractivity contribution in [1.29, 1.82) is 5.26 Å². The van der Waals surface area contributed by atoms with Crippen LogP contribution in [0.3, 0.4) is 0 Å². The second kappa shape index (κ2) is 7.60. The van der Waals surface area contributed by atoms with Gasteiger partial charge < -0.3 is 14.9 Å². The van der Waals surface area contributed by atoms with Gasteiger partial charge in [-0.3, -0.25) is 9.78 Å². The van der Waals surface area contributed by atoms with E-state index in [0.29, 0.717) is 6.42 Å². The first-order valence-electron chi connectivity index (χ1n) is 9.65. The van der Waals surface area contributed by atoms with Crippen LogP contribution in [-0.4, -0.2) is 62.5 Å². The van der Waals surface area contributed by atoms with Crippen molar-refractivity contribution in [3.63, 3.8) is 0 Å². The number of nitrogens with zero attached hydrogens (tertiary/aromatic N) is 6. The maximum Gasteiger partial charge on any atom is 0.226 e. The Labute approximate surface area is 164 Å². The number of carbonyl (C=O) groups excluding carboxylic acids is 1. The SMILES string of the molecule is Cc1cnn(-c2ccncc2N2CCC(C(=O)N3C[C@@H](O)C[C@@H]3C#N)CC2)c1. The lowest BCUT2D eigenvalue weighted by atomic mass is 9.94. The molecule has 0 saturated carbocycles. The Morgan fingerprint density at radius 1 is 1.29 bits per heavy atom. The molecular formula is C20H24N6O2. The van der Waals surface area contributed by atoms with Gasteiger partial charge in [0.1, 0.15) is 6.04 Å². The number of nitriles is 1. The topological polar surface area (TPSA) is 98.3 Å². The van der Waals surface area contributed by atoms with Gasteiger partial charge in [-0.05, 0) is 31.4 Å². The van der Waals surface area contributed by atoms with Gasteiger partial charge in [0.25, 0.3) is 0 Å². The van der Waals surface area contributed by atoms with E-state index in [-0.39, 0.29) is 18.4 Å². The minimum atomic E-state index is -0.593. The Kier molecular flexibility index (Phi) is 5.01. The molecule has 0 spiro atoms. The molecule has 0 bridgehead atoms. The number of aryl methyl sites for hydroxylation is 1. The van der Waals surface area contributed by atoms with Crippen LogP contribution in [0.25, 0.3) is 5.69 Å². The molecule has 146 valence electrons. The average Bonchev–Trinajstić information content (AvgIpc) is 3.33. The minimum absolute atomic E-state index is 0.00291. The van der Waals surface area contributed by atoms with Crippen LogP contribution in [0.2, 0.25) is 0 Å². The molecule has 4 rings (SSSR count). The number of pyridine rings is 1. The number of piperidine rings is 1. The molecule has 2 saturated heterocycles. The molecule has 0 aromatic carbocycles. The first-order chi connectivity index (χ1) is 13.6. The number of aromatic nitrogens is 3. The third kappa shape index (κ3) is 3.45. The van der Waals surface area contributed by atoms with Gasteiger partial charge >= 0.3 is 0 Å². The molecule has 2 fully saturated rings. The average molecular weight is 380 g/mol. The Hall–Kier alpha value is -2.92. The molecule has 2 aliphatic heterocycles. The van der Waals surface area contributed by atoms with Crippen LogP contribution in [0.1, 0.15) is 24.8 Å². The number of aliphatic hydroxyl groups excluding tert-OH is 1. The van der Waals surface area contributed by atoms with Crippen molar-refractivity contribution >= 4 is 11.6 Å². The predicted octanol–water partition coefficient (Wildman–Crippen LogP) is 1.28. The first kappa shape index (κ1) is 18.4. The highest BCUT2D eigenvalue weighted by atomic mass is 16.3. The molecule has 0 radical (unpaired) electrons. The summed E-state index contributed by atoms with van der Waals surface area (Å²) in [4.78, 5) is 20.9. The maximum absolute atomic E-state index is 12.9. The van der Waals surface area contributed by atoms with Crippen molar-refractivity contribution in [1.82, 2.24) is 19.7 Å². The zero-order valence-corrected chi connectivity index (χ0v) is 15.9. The van der Waals surface area contributed by atoms with E-state index in [1.165, 1.54) is 0 Å². The van der Waals surface area contributed by atoms with Crippen molar-refractivity contribution in [2.75, 3.05) is 24.5 Å². The van der Waals surface area contributed by atoms with E-state index in [1.807, 2.05) is 36.3 Å². The Morgan fingerprint density at radius 3 is 2.75 bits per heavy atom. The third-order valence-electron chi connectivity index (χ3n) is 5.63. The van der Waals surface area contributed by atoms with E-state index in [9.17, 15) is 15.2 Å². The van der Waals surface area contributed by atoms with Crippen molar-refractivity contribution in [3.05, 3.63) is 36.4 Å². The molecule has 1 amide bonds. The fourth-order valence-corrected chi connectivity index (χ4v) is 4.14. The molecule has 0 aliphatic carbocycles. The molecular weight excluding hydrogens is 356 g/mol. The molecule has 8 nitrogen and oxygen atoms in total. The lowest BCUT2D eigenvalue weighted by Crippen LogP contribution is -2.44. The van der Waals surface area contributed by atoms with Crippen LogP contribution in [0, 0.1) is 24.2 Å². The summed E-state index contributed by atoms with van der Waals surface area (Å²) >= 11 is 0. The van der Waals surface area contributed by atoms with Crippen molar-refractivity contribution in [2.45, 2.75) is 38.3 Å². The lowest BCUT2D eigenvalue weighted by Gasteiger charge is -2.35. The molecule has 4 heterocycles. The maximum atomic E-state index is 12.9. The number of carbonyl (C=O) groups is 1. The number of β-amino-alcohol motifs (C(OH)–C–C–N with tert-alkyl or cyclic N) is 1. The number of anilines is 1. The number of amides is 1. The van der Waals surface area contributed by atoms with Gasteiger partial charge in [-0.15, -0.1) is 0 Å². The largest absolute Gasteiger partial charge is 0.391 e. The van der Waals surface area contributed by atoms with Crippen LogP contribution in [0.5, 0.6) is 0 Å². The van der Waals surface area contributed by atoms with Crippen molar-refractivity contribution in [2.24, 2.45) is 5.92 Å². The van der Waals surface area contributed by atoms with Gasteiger partial charge in [0, 0.05) is 44.4 Å². The fourth-order valence-electron chi connectivity index (χ4n) is 4.14. The summed E-state index contributed by atoms with van der Waals surface area (Å²) in [6, 6.07) is 3.58. The highest BCUT2D eigenvalue weighted by Gasteiger charge is 2.38. The van der Waals surface area contributed by atoms with Gasteiger partial charge in [0.05, 0.1) is 35.9 Å². The van der Waals surface area contributed by atoms with E-state index >= 15 is 0 Å². The molecule has 2 atom stereocenters. The van der Waals surface area contributed by atoms with Crippen molar-refractivity contribution in [3.8, 4) is 11.8 Å². The third-order valence-corrected chi connectivity index (χ3v) is 5.63. The first-order valence-corrected chi connectivity index (χ1v) is 9.65. The quantitative estimate of drug-likeness (QED) is 0.861. The van der Waals surface area contributed by atoms with Gasteiger partial charge in [0.15, 0.2) is 0 Å². The molecule has 2 aromatic heterocycles. The lowest BCUT2D eigenvalue weighted by molar-refractivity contribution is -0.136. The summed E-state index contributed by atoms with van der Waals surface area (Å²) in [5, 5.41) is 23.5. The highest BCUT2D eigenvalue weighted by molar-refractivity contribution is 5.80. The zero-order chi connectivity index (χ0) is 19.7. The number of aliphatic hydroxyl groups is 1. The van der Waals surface area contributed by atoms with Gasteiger partial charge in [-0.1, -0.05) is 0 Å². The molecule has 1 N–H and O–H groups in total. The second-order valence-electron chi connectivity index (χ2n) is 7.61. The van der Waals surface area contributed by atoms with E-state index in [2.05, 4.69) is 21.1 Å². The minimum Gasteiger partial charge on any atom is -0.391 e. The molecule has 2 aliphatic rings. The summed E-state index contributed by atoms with van der Waals surface area (Å²) < 4.78 is 1.85. The number of hydrogen-bond donors (Lipinski definition) is 1. The van der Waals surface area contributed by atoms with Crippen molar-refractivity contribution < 1.29 is 9.90 Å². The summed E-state index contributed by atoms with van der Waals surface area (Å²) in [5.41, 5.74) is 3.06. The van der Waals surface area contributed by atoms with Gasteiger partial charge in [0.2, 0.25) is 5.91 Å². The monoisotopic (exact) mass is 380 g/mol. The number of hydrogen-bond acceptors (Lipinski definition) is 6. The Morgan fingerprint density at radius 2 is 2.07 bits per heavy atom. The second-order valence-corrected chi connectivity index (χ2v) is 7.61. The van der Waals surface area contributed by atoms with Gasteiger partial charge in [-0.2, -0.15) is 10.4 Å². The Balaban J connectivity index is 1.45. The predicted molar refractivity (Wildman–Crippen MR) is 103 cm³/mol. The van der Waals surface area contributed by atoms with Crippen LogP contribution in [0.15, 0.2) is 30.9 Å². The van der Waals surface area contributed by atoms with E-state index in [1.54, 1.807) is 11.1 Å². The zero-order valence-electron chi connectivity index (χ0n) is 15.9. The molecule has 0 unspecified atom stereocenters. The molecule has 28 heavy (non-hydrogen) atoms. The van der Waals surface area contributed by atoms with Gasteiger partial charge in [-0.25, -0.2) is 4.68 Å². The Bertz CT molecular complexity index is 896. The summed E-state index contributed by atoms with van der Waals surface area (Å²) in [7, 11) is 0. The smallest absolute Gasteiger partial charge is 0.226 e. The van der Waals surface area contributed by atoms with Crippen LogP contribution < -0.4 is 4.90 Å². The highest BCUT2D eigenvalue weighted by Crippen LogP contribution is 2.30. The van der Waals surface area contributed by atoms with E-state index in [0.717, 1.165) is 42.9 Å². The number of rotatable bonds is 3. The molecule has 2 aromatic rings. The summed E-state index contributed by atoms with van der Waals surface area (Å²) in [6.07, 6.45) is 8.60.